The van der Waals surface area contributed by atoms with E-state index >= 15 is 0 Å². The molecule has 6 nitrogen and oxygen atoms in total. The summed E-state index contributed by atoms with van der Waals surface area (Å²) in [5.74, 6) is -0.261. The molecule has 0 bridgehead atoms. The number of esters is 1. The van der Waals surface area contributed by atoms with Crippen LogP contribution in [0.25, 0.3) is 0 Å². The van der Waals surface area contributed by atoms with Gasteiger partial charge < -0.3 is 14.3 Å². The number of nitrogens with zero attached hydrogens (tertiary/aromatic N) is 2. The topological polar surface area (TPSA) is 75.8 Å². The number of hydrogen-bond donors (Lipinski definition) is 1. The molecular weight excluding hydrogens is 200 g/mol. The molecule has 84 valence electrons. The van der Waals surface area contributed by atoms with Crippen molar-refractivity contribution >= 4 is 5.97 Å². The zero-order valence-electron chi connectivity index (χ0n) is 8.93. The van der Waals surface area contributed by atoms with E-state index in [-0.39, 0.29) is 18.3 Å². The SMILES string of the molecule is COC(=O)c1coc([C@H](CO)N(C)C)n1. The van der Waals surface area contributed by atoms with Gasteiger partial charge in [-0.3, -0.25) is 4.90 Å². The molecular formula is C9H14N2O4. The number of hydrogen-bond acceptors (Lipinski definition) is 6. The highest BCUT2D eigenvalue weighted by atomic mass is 16.5. The first-order chi connectivity index (χ1) is 7.10. The molecule has 1 atom stereocenters. The van der Waals surface area contributed by atoms with Gasteiger partial charge in [-0.25, -0.2) is 9.78 Å². The van der Waals surface area contributed by atoms with E-state index in [2.05, 4.69) is 9.72 Å². The summed E-state index contributed by atoms with van der Waals surface area (Å²) in [4.78, 5) is 16.8. The molecule has 0 spiro atoms. The van der Waals surface area contributed by atoms with Gasteiger partial charge in [-0.2, -0.15) is 0 Å². The van der Waals surface area contributed by atoms with E-state index in [4.69, 9.17) is 9.52 Å². The quantitative estimate of drug-likeness (QED) is 0.714. The maximum Gasteiger partial charge on any atom is 0.360 e. The fraction of sp³-hybridized carbons (Fsp3) is 0.556. The van der Waals surface area contributed by atoms with Crippen molar-refractivity contribution < 1.29 is 19.1 Å². The van der Waals surface area contributed by atoms with Crippen molar-refractivity contribution in [1.82, 2.24) is 9.88 Å². The summed E-state index contributed by atoms with van der Waals surface area (Å²) in [5.41, 5.74) is 0.104. The Labute approximate surface area is 87.5 Å². The largest absolute Gasteiger partial charge is 0.464 e. The summed E-state index contributed by atoms with van der Waals surface area (Å²) in [6.07, 6.45) is 1.22. The van der Waals surface area contributed by atoms with Gasteiger partial charge in [0.1, 0.15) is 12.3 Å². The molecule has 1 aromatic heterocycles. The van der Waals surface area contributed by atoms with E-state index in [9.17, 15) is 4.79 Å². The lowest BCUT2D eigenvalue weighted by Gasteiger charge is -2.17. The van der Waals surface area contributed by atoms with Gasteiger partial charge in [-0.1, -0.05) is 0 Å². The molecule has 1 aromatic rings. The van der Waals surface area contributed by atoms with Crippen LogP contribution in [0.4, 0.5) is 0 Å². The highest BCUT2D eigenvalue weighted by Gasteiger charge is 2.21. The Morgan fingerprint density at radius 2 is 2.40 bits per heavy atom. The van der Waals surface area contributed by atoms with Gasteiger partial charge >= 0.3 is 5.97 Å². The van der Waals surface area contributed by atoms with Crippen LogP contribution in [0.3, 0.4) is 0 Å². The van der Waals surface area contributed by atoms with Gasteiger partial charge in [-0.15, -0.1) is 0 Å². The normalized spacial score (nSPS) is 12.9. The Morgan fingerprint density at radius 1 is 1.73 bits per heavy atom. The summed E-state index contributed by atoms with van der Waals surface area (Å²) in [5, 5.41) is 9.10. The molecule has 0 aliphatic heterocycles. The maximum absolute atomic E-state index is 11.1. The van der Waals surface area contributed by atoms with Crippen molar-refractivity contribution in [2.24, 2.45) is 0 Å². The number of aromatic nitrogens is 1. The van der Waals surface area contributed by atoms with Gasteiger partial charge in [0.15, 0.2) is 5.69 Å². The second-order valence-electron chi connectivity index (χ2n) is 3.22. The average molecular weight is 214 g/mol. The van der Waals surface area contributed by atoms with E-state index in [0.29, 0.717) is 5.89 Å². The minimum atomic E-state index is -0.555. The number of carbonyl (C=O) groups excluding carboxylic acids is 1. The Hall–Kier alpha value is -1.40. The molecule has 0 aromatic carbocycles. The molecule has 0 aliphatic carbocycles. The zero-order valence-corrected chi connectivity index (χ0v) is 8.93. The number of likely N-dealkylation sites (N-methyl/N-ethyl adjacent to an activating group) is 1. The van der Waals surface area contributed by atoms with E-state index in [1.807, 2.05) is 0 Å². The molecule has 0 amide bonds. The first kappa shape index (κ1) is 11.7. The van der Waals surface area contributed by atoms with E-state index < -0.39 is 5.97 Å². The summed E-state index contributed by atoms with van der Waals surface area (Å²) >= 11 is 0. The van der Waals surface area contributed by atoms with Crippen LogP contribution in [-0.2, 0) is 4.74 Å². The molecule has 1 rings (SSSR count). The van der Waals surface area contributed by atoms with Gasteiger partial charge in [0.2, 0.25) is 5.89 Å². The second-order valence-corrected chi connectivity index (χ2v) is 3.22. The number of carbonyl (C=O) groups is 1. The molecule has 6 heteroatoms. The first-order valence-electron chi connectivity index (χ1n) is 4.41. The second kappa shape index (κ2) is 4.90. The predicted octanol–water partition coefficient (Wildman–Crippen LogP) is 0.0562. The van der Waals surface area contributed by atoms with Gasteiger partial charge in [0, 0.05) is 0 Å². The molecule has 0 saturated heterocycles. The Morgan fingerprint density at radius 3 is 2.87 bits per heavy atom. The lowest BCUT2D eigenvalue weighted by Crippen LogP contribution is -2.23. The summed E-state index contributed by atoms with van der Waals surface area (Å²) in [6, 6.07) is -0.358. The lowest BCUT2D eigenvalue weighted by atomic mass is 10.3. The third kappa shape index (κ3) is 2.54. The minimum absolute atomic E-state index is 0.104. The summed E-state index contributed by atoms with van der Waals surface area (Å²) < 4.78 is 9.57. The number of ether oxygens (including phenoxy) is 1. The van der Waals surface area contributed by atoms with Crippen LogP contribution < -0.4 is 0 Å². The van der Waals surface area contributed by atoms with E-state index in [1.165, 1.54) is 13.4 Å². The highest BCUT2D eigenvalue weighted by Crippen LogP contribution is 2.16. The van der Waals surface area contributed by atoms with Gasteiger partial charge in [0.25, 0.3) is 0 Å². The number of aliphatic hydroxyl groups excluding tert-OH is 1. The van der Waals surface area contributed by atoms with Crippen LogP contribution in [-0.4, -0.2) is 48.8 Å². The summed E-state index contributed by atoms with van der Waals surface area (Å²) in [7, 11) is 4.83. The Balaban J connectivity index is 2.87. The van der Waals surface area contributed by atoms with Crippen molar-refractivity contribution in [2.45, 2.75) is 6.04 Å². The van der Waals surface area contributed by atoms with Crippen LogP contribution in [0.5, 0.6) is 0 Å². The third-order valence-corrected chi connectivity index (χ3v) is 2.00. The fourth-order valence-corrected chi connectivity index (χ4v) is 1.10. The number of methoxy groups -OCH3 is 1. The number of aliphatic hydroxyl groups is 1. The monoisotopic (exact) mass is 214 g/mol. The molecule has 1 N–H and O–H groups in total. The van der Waals surface area contributed by atoms with Crippen molar-refractivity contribution in [3.8, 4) is 0 Å². The van der Waals surface area contributed by atoms with Crippen LogP contribution in [0.15, 0.2) is 10.7 Å². The number of oxazole rings is 1. The molecule has 0 unspecified atom stereocenters. The van der Waals surface area contributed by atoms with Crippen molar-refractivity contribution in [3.05, 3.63) is 17.8 Å². The lowest BCUT2D eigenvalue weighted by molar-refractivity contribution is 0.0593. The van der Waals surface area contributed by atoms with Gasteiger partial charge in [0.05, 0.1) is 13.7 Å². The third-order valence-electron chi connectivity index (χ3n) is 2.00. The maximum atomic E-state index is 11.1. The van der Waals surface area contributed by atoms with Crippen LogP contribution in [0.2, 0.25) is 0 Å². The van der Waals surface area contributed by atoms with Crippen LogP contribution in [0, 0.1) is 0 Å². The minimum Gasteiger partial charge on any atom is -0.464 e. The Bertz CT molecular complexity index is 335. The van der Waals surface area contributed by atoms with Crippen LogP contribution >= 0.6 is 0 Å². The van der Waals surface area contributed by atoms with Gasteiger partial charge in [-0.05, 0) is 14.1 Å². The summed E-state index contributed by atoms with van der Waals surface area (Å²) in [6.45, 7) is -0.131. The highest BCUT2D eigenvalue weighted by molar-refractivity contribution is 5.86. The van der Waals surface area contributed by atoms with Crippen molar-refractivity contribution in [1.29, 1.82) is 0 Å². The van der Waals surface area contributed by atoms with Crippen molar-refractivity contribution in [3.63, 3.8) is 0 Å². The standard InChI is InChI=1S/C9H14N2O4/c1-11(2)7(4-12)8-10-6(5-15-8)9(13)14-3/h5,7,12H,4H2,1-3H3/t7-/m0/s1. The molecule has 15 heavy (non-hydrogen) atoms. The zero-order chi connectivity index (χ0) is 11.4. The smallest absolute Gasteiger partial charge is 0.360 e. The molecule has 1 heterocycles. The average Bonchev–Trinajstić information content (AvgIpc) is 2.66. The first-order valence-corrected chi connectivity index (χ1v) is 4.41. The fourth-order valence-electron chi connectivity index (χ4n) is 1.10. The van der Waals surface area contributed by atoms with E-state index in [0.717, 1.165) is 0 Å². The number of rotatable bonds is 4. The molecule has 0 fully saturated rings. The van der Waals surface area contributed by atoms with Crippen molar-refractivity contribution in [2.75, 3.05) is 27.8 Å². The molecule has 0 saturated carbocycles. The predicted molar refractivity (Wildman–Crippen MR) is 51.4 cm³/mol. The Kier molecular flexibility index (Phi) is 3.81. The van der Waals surface area contributed by atoms with E-state index in [1.54, 1.807) is 19.0 Å². The van der Waals surface area contributed by atoms with Crippen LogP contribution in [0.1, 0.15) is 22.4 Å². The molecule has 0 radical (unpaired) electrons. The molecule has 0 aliphatic rings.